The summed E-state index contributed by atoms with van der Waals surface area (Å²) in [5.74, 6) is -1.36. The Morgan fingerprint density at radius 3 is 2.25 bits per heavy atom. The van der Waals surface area contributed by atoms with Crippen molar-refractivity contribution in [1.29, 1.82) is 0 Å². The van der Waals surface area contributed by atoms with Crippen molar-refractivity contribution < 1.29 is 19.5 Å². The van der Waals surface area contributed by atoms with Crippen molar-refractivity contribution >= 4 is 33.7 Å². The van der Waals surface area contributed by atoms with Crippen LogP contribution in [0, 0.1) is 0 Å². The van der Waals surface area contributed by atoms with Crippen LogP contribution in [0.1, 0.15) is 45.2 Å². The first-order valence-corrected chi connectivity index (χ1v) is 8.53. The smallest absolute Gasteiger partial charge is 0.305 e. The molecule has 0 heterocycles. The highest BCUT2D eigenvalue weighted by molar-refractivity contribution is 9.10. The molecule has 1 unspecified atom stereocenters. The van der Waals surface area contributed by atoms with Crippen LogP contribution in [0.15, 0.2) is 28.7 Å². The van der Waals surface area contributed by atoms with Gasteiger partial charge in [-0.1, -0.05) is 28.1 Å². The minimum absolute atomic E-state index is 0.0824. The molecule has 2 amide bonds. The number of amides is 2. The Kier molecular flexibility index (Phi) is 7.91. The monoisotopic (exact) mass is 398 g/mol. The lowest BCUT2D eigenvalue weighted by Gasteiger charge is -2.28. The first-order chi connectivity index (χ1) is 11.2. The molecule has 0 aliphatic heterocycles. The molecule has 6 nitrogen and oxygen atoms in total. The number of carboxylic acid groups (broad SMARTS) is 1. The average molecular weight is 399 g/mol. The molecule has 0 fully saturated rings. The number of carboxylic acids is 1. The summed E-state index contributed by atoms with van der Waals surface area (Å²) >= 11 is 3.35. The van der Waals surface area contributed by atoms with E-state index in [4.69, 9.17) is 5.11 Å². The van der Waals surface area contributed by atoms with Crippen LogP contribution in [0.5, 0.6) is 0 Å². The van der Waals surface area contributed by atoms with E-state index in [-0.39, 0.29) is 37.2 Å². The van der Waals surface area contributed by atoms with Gasteiger partial charge in [-0.15, -0.1) is 0 Å². The summed E-state index contributed by atoms with van der Waals surface area (Å²) in [6, 6.07) is 6.82. The Bertz CT molecular complexity index is 587. The SMILES string of the molecule is CC(=O)NC(CC(=O)N(CCC(=O)O)C(C)C)c1ccc(Br)cc1. The molecule has 0 bridgehead atoms. The van der Waals surface area contributed by atoms with E-state index in [0.29, 0.717) is 0 Å². The highest BCUT2D eigenvalue weighted by atomic mass is 79.9. The van der Waals surface area contributed by atoms with Crippen LogP contribution in [0.2, 0.25) is 0 Å². The van der Waals surface area contributed by atoms with E-state index in [9.17, 15) is 14.4 Å². The lowest BCUT2D eigenvalue weighted by atomic mass is 10.0. The van der Waals surface area contributed by atoms with Crippen molar-refractivity contribution in [2.75, 3.05) is 6.54 Å². The van der Waals surface area contributed by atoms with Crippen LogP contribution in [0.25, 0.3) is 0 Å². The third-order valence-electron chi connectivity index (χ3n) is 3.54. The topological polar surface area (TPSA) is 86.7 Å². The van der Waals surface area contributed by atoms with E-state index in [1.807, 2.05) is 38.1 Å². The summed E-state index contributed by atoms with van der Waals surface area (Å²) < 4.78 is 0.907. The van der Waals surface area contributed by atoms with Gasteiger partial charge in [-0.2, -0.15) is 0 Å². The normalized spacial score (nSPS) is 11.9. The Labute approximate surface area is 150 Å². The van der Waals surface area contributed by atoms with Gasteiger partial charge in [-0.25, -0.2) is 0 Å². The molecule has 0 aliphatic carbocycles. The highest BCUT2D eigenvalue weighted by Gasteiger charge is 2.23. The maximum Gasteiger partial charge on any atom is 0.305 e. The number of nitrogens with zero attached hydrogens (tertiary/aromatic N) is 1. The molecule has 0 radical (unpaired) electrons. The molecule has 132 valence electrons. The van der Waals surface area contributed by atoms with Crippen LogP contribution in [-0.4, -0.2) is 40.4 Å². The van der Waals surface area contributed by atoms with Crippen LogP contribution in [0.4, 0.5) is 0 Å². The summed E-state index contributed by atoms with van der Waals surface area (Å²) in [7, 11) is 0. The predicted octanol–water partition coefficient (Wildman–Crippen LogP) is 2.73. The molecule has 1 aromatic rings. The number of rotatable bonds is 8. The maximum absolute atomic E-state index is 12.6. The van der Waals surface area contributed by atoms with E-state index < -0.39 is 12.0 Å². The molecule has 7 heteroatoms. The predicted molar refractivity (Wildman–Crippen MR) is 94.4 cm³/mol. The minimum Gasteiger partial charge on any atom is -0.481 e. The zero-order valence-electron chi connectivity index (χ0n) is 14.1. The summed E-state index contributed by atoms with van der Waals surface area (Å²) in [4.78, 5) is 36.4. The molecule has 0 saturated heterocycles. The van der Waals surface area contributed by atoms with Crippen LogP contribution < -0.4 is 5.32 Å². The second-order valence-electron chi connectivity index (χ2n) is 5.83. The molecule has 1 atom stereocenters. The van der Waals surface area contributed by atoms with Gasteiger partial charge >= 0.3 is 5.97 Å². The number of carbonyl (C=O) groups is 3. The Morgan fingerprint density at radius 2 is 1.79 bits per heavy atom. The van der Waals surface area contributed by atoms with Gasteiger partial charge in [-0.3, -0.25) is 14.4 Å². The molecule has 0 aromatic heterocycles. The lowest BCUT2D eigenvalue weighted by Crippen LogP contribution is -2.41. The van der Waals surface area contributed by atoms with E-state index in [0.717, 1.165) is 10.0 Å². The van der Waals surface area contributed by atoms with Gasteiger partial charge in [0.1, 0.15) is 0 Å². The van der Waals surface area contributed by atoms with Crippen LogP contribution >= 0.6 is 15.9 Å². The lowest BCUT2D eigenvalue weighted by molar-refractivity contribution is -0.139. The molecule has 0 spiro atoms. The third kappa shape index (κ3) is 6.70. The van der Waals surface area contributed by atoms with Gasteiger partial charge in [0.2, 0.25) is 11.8 Å². The number of hydrogen-bond acceptors (Lipinski definition) is 3. The average Bonchev–Trinajstić information content (AvgIpc) is 2.46. The summed E-state index contributed by atoms with van der Waals surface area (Å²) in [6.07, 6.45) is -0.0218. The van der Waals surface area contributed by atoms with E-state index >= 15 is 0 Å². The van der Waals surface area contributed by atoms with Gasteiger partial charge in [0.05, 0.1) is 18.9 Å². The van der Waals surface area contributed by atoms with Crippen molar-refractivity contribution in [1.82, 2.24) is 10.2 Å². The van der Waals surface area contributed by atoms with E-state index in [1.165, 1.54) is 11.8 Å². The summed E-state index contributed by atoms with van der Waals surface area (Å²) in [5.41, 5.74) is 0.823. The quantitative estimate of drug-likeness (QED) is 0.704. The minimum atomic E-state index is -0.945. The number of benzene rings is 1. The molecule has 1 aromatic carbocycles. The molecular formula is C17H23BrN2O4. The van der Waals surface area contributed by atoms with Crippen molar-refractivity contribution in [3.63, 3.8) is 0 Å². The van der Waals surface area contributed by atoms with Crippen molar-refractivity contribution in [3.05, 3.63) is 34.3 Å². The second kappa shape index (κ2) is 9.42. The molecule has 2 N–H and O–H groups in total. The molecule has 1 rings (SSSR count). The number of nitrogens with one attached hydrogen (secondary N) is 1. The largest absolute Gasteiger partial charge is 0.481 e. The molecular weight excluding hydrogens is 376 g/mol. The molecule has 0 saturated carbocycles. The zero-order valence-corrected chi connectivity index (χ0v) is 15.7. The standard InChI is InChI=1S/C17H23BrN2O4/c1-11(2)20(9-8-17(23)24)16(22)10-15(19-12(3)21)13-4-6-14(18)7-5-13/h4-7,11,15H,8-10H2,1-3H3,(H,19,21)(H,23,24). The summed E-state index contributed by atoms with van der Waals surface area (Å²) in [6.45, 7) is 5.24. The third-order valence-corrected chi connectivity index (χ3v) is 4.07. The Balaban J connectivity index is 2.90. The molecule has 0 aliphatic rings. The Hall–Kier alpha value is -1.89. The van der Waals surface area contributed by atoms with Crippen LogP contribution in [0.3, 0.4) is 0 Å². The van der Waals surface area contributed by atoms with Gasteiger partial charge in [0.15, 0.2) is 0 Å². The van der Waals surface area contributed by atoms with Crippen molar-refractivity contribution in [3.8, 4) is 0 Å². The van der Waals surface area contributed by atoms with Crippen molar-refractivity contribution in [2.24, 2.45) is 0 Å². The zero-order chi connectivity index (χ0) is 18.3. The first-order valence-electron chi connectivity index (χ1n) is 7.74. The van der Waals surface area contributed by atoms with E-state index in [1.54, 1.807) is 0 Å². The van der Waals surface area contributed by atoms with Gasteiger partial charge in [0.25, 0.3) is 0 Å². The number of carbonyl (C=O) groups excluding carboxylic acids is 2. The van der Waals surface area contributed by atoms with E-state index in [2.05, 4.69) is 21.2 Å². The number of halogens is 1. The highest BCUT2D eigenvalue weighted by Crippen LogP contribution is 2.21. The fraction of sp³-hybridized carbons (Fsp3) is 0.471. The fourth-order valence-electron chi connectivity index (χ4n) is 2.37. The van der Waals surface area contributed by atoms with Crippen molar-refractivity contribution in [2.45, 2.75) is 45.7 Å². The van der Waals surface area contributed by atoms with Gasteiger partial charge in [-0.05, 0) is 31.5 Å². The maximum atomic E-state index is 12.6. The van der Waals surface area contributed by atoms with Crippen LogP contribution in [-0.2, 0) is 14.4 Å². The van der Waals surface area contributed by atoms with Gasteiger partial charge in [0, 0.05) is 24.0 Å². The number of aliphatic carboxylic acids is 1. The Morgan fingerprint density at radius 1 is 1.21 bits per heavy atom. The first kappa shape index (κ1) is 20.2. The number of hydrogen-bond donors (Lipinski definition) is 2. The fourth-order valence-corrected chi connectivity index (χ4v) is 2.64. The summed E-state index contributed by atoms with van der Waals surface area (Å²) in [5, 5.41) is 11.6. The second-order valence-corrected chi connectivity index (χ2v) is 6.75. The molecule has 24 heavy (non-hydrogen) atoms. The van der Waals surface area contributed by atoms with Gasteiger partial charge < -0.3 is 15.3 Å².